The van der Waals surface area contributed by atoms with E-state index in [9.17, 15) is 0 Å². The first-order valence-corrected chi connectivity index (χ1v) is 16.8. The summed E-state index contributed by atoms with van der Waals surface area (Å²) in [6.45, 7) is 9.35. The van der Waals surface area contributed by atoms with E-state index in [1.54, 1.807) is 10.7 Å². The van der Waals surface area contributed by atoms with E-state index in [4.69, 9.17) is 4.74 Å². The van der Waals surface area contributed by atoms with Gasteiger partial charge in [0.1, 0.15) is 0 Å². The predicted octanol–water partition coefficient (Wildman–Crippen LogP) is 6.06. The van der Waals surface area contributed by atoms with Crippen molar-refractivity contribution in [2.75, 3.05) is 7.11 Å². The molecule has 1 rings (SSSR count). The van der Waals surface area contributed by atoms with E-state index in [2.05, 4.69) is 45.9 Å². The number of methoxy groups -OCH3 is 1. The van der Waals surface area contributed by atoms with Crippen molar-refractivity contribution in [3.8, 4) is 5.75 Å². The van der Waals surface area contributed by atoms with E-state index in [-0.39, 0.29) is 0 Å². The molecule has 1 aromatic rings. The Morgan fingerprint density at radius 1 is 0.864 bits per heavy atom. The molecule has 0 fully saturated rings. The van der Waals surface area contributed by atoms with E-state index in [0.717, 1.165) is 5.75 Å². The van der Waals surface area contributed by atoms with E-state index in [1.807, 2.05) is 0 Å². The Labute approximate surface area is 142 Å². The fourth-order valence-corrected chi connectivity index (χ4v) is 20.8. The summed E-state index contributed by atoms with van der Waals surface area (Å²) >= 11 is -2.31. The molecule has 0 bridgehead atoms. The fraction of sp³-hybridized carbons (Fsp3) is 0.700. The Hall–Kier alpha value is -0.181. The molecule has 2 heteroatoms. The van der Waals surface area contributed by atoms with Gasteiger partial charge in [0.05, 0.1) is 0 Å². The minimum absolute atomic E-state index is 1.06. The second-order valence-corrected chi connectivity index (χ2v) is 19.9. The van der Waals surface area contributed by atoms with E-state index in [0.29, 0.717) is 0 Å². The Bertz CT molecular complexity index is 406. The summed E-state index contributed by atoms with van der Waals surface area (Å²) in [5, 5.41) is 0. The van der Waals surface area contributed by atoms with Gasteiger partial charge in [-0.15, -0.1) is 0 Å². The number of unbranched alkanes of at least 4 members (excludes halogenated alkanes) is 3. The van der Waals surface area contributed by atoms with Gasteiger partial charge >= 0.3 is 143 Å². The third kappa shape index (κ3) is 5.47. The summed E-state index contributed by atoms with van der Waals surface area (Å²) in [5.74, 6) is 1.06. The first-order valence-electron chi connectivity index (χ1n) is 9.28. The van der Waals surface area contributed by atoms with Crippen LogP contribution in [0.5, 0.6) is 5.75 Å². The number of hydrogen-bond acceptors (Lipinski definition) is 1. The van der Waals surface area contributed by atoms with Crippen molar-refractivity contribution in [1.82, 2.24) is 0 Å². The van der Waals surface area contributed by atoms with Gasteiger partial charge in [-0.1, -0.05) is 0 Å². The molecule has 0 saturated carbocycles. The molecule has 0 amide bonds. The van der Waals surface area contributed by atoms with Gasteiger partial charge in [0.2, 0.25) is 0 Å². The molecule has 1 nitrogen and oxygen atoms in total. The van der Waals surface area contributed by atoms with Crippen LogP contribution in [0.3, 0.4) is 0 Å². The van der Waals surface area contributed by atoms with Gasteiger partial charge in [-0.05, 0) is 0 Å². The molecule has 0 spiro atoms. The Morgan fingerprint density at radius 2 is 1.36 bits per heavy atom. The van der Waals surface area contributed by atoms with Crippen LogP contribution in [0.25, 0.3) is 0 Å². The first kappa shape index (κ1) is 19.9. The zero-order valence-corrected chi connectivity index (χ0v) is 18.4. The van der Waals surface area contributed by atoms with Crippen LogP contribution >= 0.6 is 0 Å². The Balaban J connectivity index is 3.23. The molecule has 1 aromatic carbocycles. The topological polar surface area (TPSA) is 9.23 Å². The average Bonchev–Trinajstić information content (AvgIpc) is 2.55. The van der Waals surface area contributed by atoms with Crippen molar-refractivity contribution in [2.45, 2.75) is 79.5 Å². The van der Waals surface area contributed by atoms with Crippen molar-refractivity contribution in [2.24, 2.45) is 0 Å². The number of benzene rings is 1. The molecule has 22 heavy (non-hydrogen) atoms. The maximum absolute atomic E-state index is 5.55. The number of ether oxygens (including phenoxy) is 1. The van der Waals surface area contributed by atoms with Crippen molar-refractivity contribution >= 4 is 22.0 Å². The summed E-state index contributed by atoms with van der Waals surface area (Å²) < 4.78 is 11.9. The van der Waals surface area contributed by atoms with E-state index < -0.39 is 18.4 Å². The van der Waals surface area contributed by atoms with Crippen LogP contribution in [0.4, 0.5) is 0 Å². The van der Waals surface area contributed by atoms with E-state index in [1.165, 1.54) is 57.4 Å². The molecular weight excluding hydrogens is 375 g/mol. The van der Waals surface area contributed by atoms with Crippen molar-refractivity contribution in [3.05, 3.63) is 23.8 Å². The zero-order valence-electron chi connectivity index (χ0n) is 15.5. The van der Waals surface area contributed by atoms with Gasteiger partial charge in [0, 0.05) is 0 Å². The van der Waals surface area contributed by atoms with Crippen molar-refractivity contribution in [1.29, 1.82) is 0 Å². The molecule has 0 aliphatic rings. The minimum atomic E-state index is -2.31. The number of rotatable bonds is 11. The Kier molecular flexibility index (Phi) is 9.54. The first-order chi connectivity index (χ1) is 10.6. The number of hydrogen-bond donors (Lipinski definition) is 0. The quantitative estimate of drug-likeness (QED) is 0.403. The molecule has 0 heterocycles. The number of aryl methyl sites for hydroxylation is 1. The van der Waals surface area contributed by atoms with Crippen LogP contribution in [0.1, 0.15) is 64.9 Å². The monoisotopic (exact) mass is 412 g/mol. The van der Waals surface area contributed by atoms with Crippen molar-refractivity contribution < 1.29 is 4.74 Å². The zero-order chi connectivity index (χ0) is 16.4. The predicted molar refractivity (Wildman–Crippen MR) is 102 cm³/mol. The van der Waals surface area contributed by atoms with Crippen LogP contribution in [0, 0.1) is 6.92 Å². The molecule has 0 saturated heterocycles. The third-order valence-corrected chi connectivity index (χ3v) is 21.1. The maximum atomic E-state index is 5.55. The molecule has 126 valence electrons. The molecule has 0 atom stereocenters. The van der Waals surface area contributed by atoms with Crippen LogP contribution in [-0.2, 0) is 0 Å². The molecule has 0 N–H and O–H groups in total. The third-order valence-electron chi connectivity index (χ3n) is 5.04. The Morgan fingerprint density at radius 3 is 1.77 bits per heavy atom. The van der Waals surface area contributed by atoms with Crippen LogP contribution < -0.4 is 8.32 Å². The molecular formula is C20H36OSn. The van der Waals surface area contributed by atoms with Gasteiger partial charge in [0.25, 0.3) is 0 Å². The van der Waals surface area contributed by atoms with Gasteiger partial charge in [0.15, 0.2) is 0 Å². The van der Waals surface area contributed by atoms with Gasteiger partial charge < -0.3 is 0 Å². The molecule has 0 aliphatic heterocycles. The van der Waals surface area contributed by atoms with Crippen molar-refractivity contribution in [3.63, 3.8) is 0 Å². The molecule has 0 aliphatic carbocycles. The van der Waals surface area contributed by atoms with Gasteiger partial charge in [-0.3, -0.25) is 0 Å². The van der Waals surface area contributed by atoms with Gasteiger partial charge in [-0.2, -0.15) is 0 Å². The molecule has 0 aromatic heterocycles. The average molecular weight is 411 g/mol. The van der Waals surface area contributed by atoms with Crippen LogP contribution in [0.2, 0.25) is 13.3 Å². The summed E-state index contributed by atoms with van der Waals surface area (Å²) in [7, 11) is 1.80. The normalized spacial score (nSPS) is 11.7. The summed E-state index contributed by atoms with van der Waals surface area (Å²) in [4.78, 5) is 0. The fourth-order valence-electron chi connectivity index (χ4n) is 3.62. The van der Waals surface area contributed by atoms with E-state index >= 15 is 0 Å². The summed E-state index contributed by atoms with van der Waals surface area (Å²) in [6.07, 6.45) is 8.25. The summed E-state index contributed by atoms with van der Waals surface area (Å²) in [5.41, 5.74) is 1.53. The van der Waals surface area contributed by atoms with Crippen LogP contribution in [0.15, 0.2) is 18.2 Å². The molecule has 0 unspecified atom stereocenters. The SMILES string of the molecule is CCC[CH2][Sn]([CH2]CCC)([CH2]CCC)[c]1cc(OC)ccc1C. The molecule has 0 radical (unpaired) electrons. The van der Waals surface area contributed by atoms with Gasteiger partial charge in [-0.25, -0.2) is 0 Å². The second kappa shape index (κ2) is 10.6. The summed E-state index contributed by atoms with van der Waals surface area (Å²) in [6, 6.07) is 6.84. The standard InChI is InChI=1S/C8H9O.3C4H9.Sn/c1-7-3-5-8(9-2)6-4-7;3*1-3-4-2;/h3,5-6H,1-2H3;3*1,3-4H2,2H3;. The second-order valence-electron chi connectivity index (χ2n) is 6.77. The van der Waals surface area contributed by atoms with Crippen LogP contribution in [-0.4, -0.2) is 25.5 Å².